The predicted octanol–water partition coefficient (Wildman–Crippen LogP) is 1.32. The third-order valence-corrected chi connectivity index (χ3v) is 1.61. The van der Waals surface area contributed by atoms with Gasteiger partial charge in [-0.1, -0.05) is 6.07 Å². The van der Waals surface area contributed by atoms with Gasteiger partial charge in [-0.2, -0.15) is 0 Å². The lowest BCUT2D eigenvalue weighted by Crippen LogP contribution is -2.27. The van der Waals surface area contributed by atoms with Crippen LogP contribution in [0.25, 0.3) is 0 Å². The Morgan fingerprint density at radius 1 is 1.43 bits per heavy atom. The molecule has 0 unspecified atom stereocenters. The number of hydrogen-bond donors (Lipinski definition) is 1. The van der Waals surface area contributed by atoms with E-state index in [1.165, 1.54) is 18.2 Å². The molecular weight excluding hydrogens is 209 g/mol. The highest BCUT2D eigenvalue weighted by Gasteiger charge is 2.06. The van der Waals surface area contributed by atoms with E-state index in [0.29, 0.717) is 0 Å². The van der Waals surface area contributed by atoms with Gasteiger partial charge in [0, 0.05) is 5.56 Å². The van der Waals surface area contributed by atoms with Gasteiger partial charge >= 0.3 is 0 Å². The predicted molar refractivity (Wildman–Crippen MR) is 49.6 cm³/mol. The maximum absolute atomic E-state index is 12.7. The monoisotopic (exact) mass is 215 g/mol. The smallest absolute Gasteiger partial charge is 0.251 e. The second-order valence-corrected chi connectivity index (χ2v) is 2.97. The van der Waals surface area contributed by atoms with Crippen molar-refractivity contribution in [3.63, 3.8) is 0 Å². The molecular formula is C9H7ClFNO2. The fraction of sp³-hybridized carbons (Fsp3) is 0.111. The molecule has 0 bridgehead atoms. The SMILES string of the molecule is O=C(Cl)CNC(=O)c1cccc(F)c1. The van der Waals surface area contributed by atoms with Crippen LogP contribution in [0.1, 0.15) is 10.4 Å². The maximum atomic E-state index is 12.7. The number of hydrogen-bond acceptors (Lipinski definition) is 2. The molecule has 1 N–H and O–H groups in total. The van der Waals surface area contributed by atoms with Crippen LogP contribution in [0, 0.1) is 5.82 Å². The van der Waals surface area contributed by atoms with Gasteiger partial charge in [0.05, 0.1) is 6.54 Å². The number of carbonyl (C=O) groups excluding carboxylic acids is 2. The molecule has 3 nitrogen and oxygen atoms in total. The number of rotatable bonds is 3. The van der Waals surface area contributed by atoms with Gasteiger partial charge in [0.25, 0.3) is 5.91 Å². The van der Waals surface area contributed by atoms with Crippen molar-refractivity contribution in [2.24, 2.45) is 0 Å². The fourth-order valence-electron chi connectivity index (χ4n) is 0.882. The molecule has 0 saturated heterocycles. The van der Waals surface area contributed by atoms with Crippen molar-refractivity contribution in [3.8, 4) is 0 Å². The van der Waals surface area contributed by atoms with E-state index in [-0.39, 0.29) is 12.1 Å². The van der Waals surface area contributed by atoms with Crippen LogP contribution in [-0.2, 0) is 4.79 Å². The van der Waals surface area contributed by atoms with E-state index in [2.05, 4.69) is 5.32 Å². The lowest BCUT2D eigenvalue weighted by atomic mass is 10.2. The summed E-state index contributed by atoms with van der Waals surface area (Å²) in [4.78, 5) is 21.5. The number of carbonyl (C=O) groups is 2. The lowest BCUT2D eigenvalue weighted by Gasteiger charge is -2.01. The second-order valence-electron chi connectivity index (χ2n) is 2.55. The molecule has 0 atom stereocenters. The summed E-state index contributed by atoms with van der Waals surface area (Å²) >= 11 is 5.01. The first kappa shape index (κ1) is 10.7. The van der Waals surface area contributed by atoms with Crippen LogP contribution in [0.4, 0.5) is 4.39 Å². The van der Waals surface area contributed by atoms with Gasteiger partial charge in [0.2, 0.25) is 5.24 Å². The van der Waals surface area contributed by atoms with Gasteiger partial charge in [-0.3, -0.25) is 9.59 Å². The van der Waals surface area contributed by atoms with Gasteiger partial charge < -0.3 is 5.32 Å². The number of benzene rings is 1. The van der Waals surface area contributed by atoms with Crippen LogP contribution in [0.5, 0.6) is 0 Å². The summed E-state index contributed by atoms with van der Waals surface area (Å²) in [5.74, 6) is -1.03. The minimum absolute atomic E-state index is 0.155. The molecule has 0 radical (unpaired) electrons. The molecule has 1 amide bonds. The van der Waals surface area contributed by atoms with E-state index in [1.807, 2.05) is 0 Å². The van der Waals surface area contributed by atoms with Crippen LogP contribution in [0.15, 0.2) is 24.3 Å². The van der Waals surface area contributed by atoms with E-state index >= 15 is 0 Å². The Morgan fingerprint density at radius 3 is 2.71 bits per heavy atom. The summed E-state index contributed by atoms with van der Waals surface area (Å²) in [5.41, 5.74) is 0.155. The Morgan fingerprint density at radius 2 is 2.14 bits per heavy atom. The lowest BCUT2D eigenvalue weighted by molar-refractivity contribution is -0.110. The van der Waals surface area contributed by atoms with Gasteiger partial charge in [0.1, 0.15) is 5.82 Å². The Balaban J connectivity index is 2.65. The molecule has 0 saturated carbocycles. The molecule has 0 aliphatic carbocycles. The molecule has 0 heterocycles. The number of nitrogens with one attached hydrogen (secondary N) is 1. The molecule has 1 rings (SSSR count). The van der Waals surface area contributed by atoms with Crippen LogP contribution >= 0.6 is 11.6 Å². The fourth-order valence-corrected chi connectivity index (χ4v) is 0.948. The summed E-state index contributed by atoms with van der Waals surface area (Å²) in [6, 6.07) is 5.15. The van der Waals surface area contributed by atoms with Gasteiger partial charge in [-0.05, 0) is 29.8 Å². The topological polar surface area (TPSA) is 46.2 Å². The summed E-state index contributed by atoms with van der Waals surface area (Å²) < 4.78 is 12.7. The molecule has 1 aromatic rings. The molecule has 0 aliphatic heterocycles. The molecule has 1 aromatic carbocycles. The minimum Gasteiger partial charge on any atom is -0.344 e. The van der Waals surface area contributed by atoms with Crippen LogP contribution in [0.3, 0.4) is 0 Å². The zero-order chi connectivity index (χ0) is 10.6. The average molecular weight is 216 g/mol. The Kier molecular flexibility index (Phi) is 3.59. The van der Waals surface area contributed by atoms with Crippen molar-refractivity contribution in [3.05, 3.63) is 35.6 Å². The third kappa shape index (κ3) is 3.14. The molecule has 14 heavy (non-hydrogen) atoms. The van der Waals surface area contributed by atoms with Gasteiger partial charge in [-0.15, -0.1) is 0 Å². The molecule has 0 spiro atoms. The van der Waals surface area contributed by atoms with Crippen molar-refractivity contribution in [2.75, 3.05) is 6.54 Å². The van der Waals surface area contributed by atoms with Crippen LogP contribution in [0.2, 0.25) is 0 Å². The Hall–Kier alpha value is -1.42. The summed E-state index contributed by atoms with van der Waals surface area (Å²) in [5, 5.41) is 1.57. The number of amides is 1. The molecule has 5 heteroatoms. The van der Waals surface area contributed by atoms with Crippen molar-refractivity contribution in [1.29, 1.82) is 0 Å². The van der Waals surface area contributed by atoms with Crippen molar-refractivity contribution < 1.29 is 14.0 Å². The number of halogens is 2. The highest BCUT2D eigenvalue weighted by atomic mass is 35.5. The van der Waals surface area contributed by atoms with Crippen LogP contribution < -0.4 is 5.32 Å². The maximum Gasteiger partial charge on any atom is 0.251 e. The Labute approximate surface area is 84.9 Å². The second kappa shape index (κ2) is 4.72. The summed E-state index contributed by atoms with van der Waals surface area (Å²) in [6.45, 7) is -0.267. The first-order chi connectivity index (χ1) is 6.59. The van der Waals surface area contributed by atoms with Crippen molar-refractivity contribution in [2.45, 2.75) is 0 Å². The van der Waals surface area contributed by atoms with Crippen molar-refractivity contribution in [1.82, 2.24) is 5.32 Å². The standard InChI is InChI=1S/C9H7ClFNO2/c10-8(13)5-12-9(14)6-2-1-3-7(11)4-6/h1-4H,5H2,(H,12,14). The molecule has 0 aromatic heterocycles. The van der Waals surface area contributed by atoms with Gasteiger partial charge in [-0.25, -0.2) is 4.39 Å². The van der Waals surface area contributed by atoms with E-state index in [9.17, 15) is 14.0 Å². The minimum atomic E-state index is -0.672. The zero-order valence-corrected chi connectivity index (χ0v) is 7.84. The molecule has 74 valence electrons. The normalized spacial score (nSPS) is 9.57. The van der Waals surface area contributed by atoms with E-state index in [1.54, 1.807) is 0 Å². The van der Waals surface area contributed by atoms with Crippen LogP contribution in [-0.4, -0.2) is 17.7 Å². The summed E-state index contributed by atoms with van der Waals surface area (Å²) in [6.07, 6.45) is 0. The average Bonchev–Trinajstić information content (AvgIpc) is 2.14. The van der Waals surface area contributed by atoms with E-state index in [0.717, 1.165) is 6.07 Å². The van der Waals surface area contributed by atoms with Crippen molar-refractivity contribution >= 4 is 22.8 Å². The third-order valence-electron chi connectivity index (χ3n) is 1.47. The van der Waals surface area contributed by atoms with Gasteiger partial charge in [0.15, 0.2) is 0 Å². The largest absolute Gasteiger partial charge is 0.344 e. The highest BCUT2D eigenvalue weighted by Crippen LogP contribution is 2.02. The zero-order valence-electron chi connectivity index (χ0n) is 7.09. The first-order valence-corrected chi connectivity index (χ1v) is 4.19. The molecule has 0 fully saturated rings. The molecule has 0 aliphatic rings. The summed E-state index contributed by atoms with van der Waals surface area (Å²) in [7, 11) is 0. The highest BCUT2D eigenvalue weighted by molar-refractivity contribution is 6.64. The van der Waals surface area contributed by atoms with E-state index in [4.69, 9.17) is 11.6 Å². The first-order valence-electron chi connectivity index (χ1n) is 3.81. The quantitative estimate of drug-likeness (QED) is 0.773. The van der Waals surface area contributed by atoms with E-state index < -0.39 is 17.0 Å². The Bertz CT molecular complexity index is 368.